The molecule has 0 spiro atoms. The highest BCUT2D eigenvalue weighted by Gasteiger charge is 1.95. The highest BCUT2D eigenvalue weighted by molar-refractivity contribution is 5.44. The Morgan fingerprint density at radius 3 is 2.45 bits per heavy atom. The highest BCUT2D eigenvalue weighted by Crippen LogP contribution is 2.13. The minimum absolute atomic E-state index is 0.777. The van der Waals surface area contributed by atoms with E-state index in [4.69, 9.17) is 4.74 Å². The topological polar surface area (TPSA) is 21.3 Å². The van der Waals surface area contributed by atoms with Gasteiger partial charge in [-0.25, -0.2) is 0 Å². The maximum absolute atomic E-state index is 5.73. The molecule has 2 rings (SSSR count). The van der Waals surface area contributed by atoms with E-state index >= 15 is 0 Å². The van der Waals surface area contributed by atoms with Gasteiger partial charge in [-0.2, -0.15) is 0 Å². The molecule has 0 unspecified atom stereocenters. The van der Waals surface area contributed by atoms with Crippen molar-refractivity contribution in [1.29, 1.82) is 0 Å². The van der Waals surface area contributed by atoms with Gasteiger partial charge in [0, 0.05) is 12.2 Å². The number of nitrogens with one attached hydrogen (secondary N) is 1. The summed E-state index contributed by atoms with van der Waals surface area (Å²) in [5.74, 6) is 0.969. The lowest BCUT2D eigenvalue weighted by atomic mass is 10.2. The van der Waals surface area contributed by atoms with Gasteiger partial charge in [0.15, 0.2) is 0 Å². The van der Waals surface area contributed by atoms with Gasteiger partial charge < -0.3 is 10.1 Å². The zero-order chi connectivity index (χ0) is 14.2. The van der Waals surface area contributed by atoms with Crippen LogP contribution < -0.4 is 10.1 Å². The molecular formula is C18H23NO. The van der Waals surface area contributed by atoms with Crippen LogP contribution >= 0.6 is 0 Å². The molecule has 106 valence electrons. The van der Waals surface area contributed by atoms with Crippen LogP contribution in [-0.4, -0.2) is 13.2 Å². The van der Waals surface area contributed by atoms with E-state index in [-0.39, 0.29) is 0 Å². The summed E-state index contributed by atoms with van der Waals surface area (Å²) in [4.78, 5) is 0. The second-order valence-corrected chi connectivity index (χ2v) is 5.16. The van der Waals surface area contributed by atoms with Crippen LogP contribution in [0.15, 0.2) is 48.5 Å². The molecule has 0 aliphatic heterocycles. The van der Waals surface area contributed by atoms with Gasteiger partial charge in [0.25, 0.3) is 0 Å². The van der Waals surface area contributed by atoms with Crippen molar-refractivity contribution in [3.05, 3.63) is 59.7 Å². The molecule has 0 bridgehead atoms. The first kappa shape index (κ1) is 14.4. The van der Waals surface area contributed by atoms with Gasteiger partial charge in [-0.3, -0.25) is 0 Å². The minimum Gasteiger partial charge on any atom is -0.494 e. The fourth-order valence-electron chi connectivity index (χ4n) is 2.03. The van der Waals surface area contributed by atoms with Gasteiger partial charge >= 0.3 is 0 Å². The van der Waals surface area contributed by atoms with Crippen LogP contribution in [0.1, 0.15) is 24.0 Å². The van der Waals surface area contributed by atoms with Crippen LogP contribution in [0.3, 0.4) is 0 Å². The monoisotopic (exact) mass is 269 g/mol. The predicted molar refractivity (Wildman–Crippen MR) is 85.6 cm³/mol. The summed E-state index contributed by atoms with van der Waals surface area (Å²) >= 11 is 0. The van der Waals surface area contributed by atoms with Gasteiger partial charge in [-0.15, -0.1) is 0 Å². The summed E-state index contributed by atoms with van der Waals surface area (Å²) in [6, 6.07) is 16.7. The standard InChI is InChI=1S/C18H23NO/c1-15-8-10-17(11-9-15)19-12-3-4-13-20-18-7-5-6-16(2)14-18/h5-11,14,19H,3-4,12-13H2,1-2H3. The smallest absolute Gasteiger partial charge is 0.119 e. The lowest BCUT2D eigenvalue weighted by Crippen LogP contribution is -2.04. The molecule has 0 saturated carbocycles. The fourth-order valence-corrected chi connectivity index (χ4v) is 2.03. The molecule has 20 heavy (non-hydrogen) atoms. The zero-order valence-electron chi connectivity index (χ0n) is 12.4. The summed E-state index contributed by atoms with van der Waals surface area (Å²) in [6.45, 7) is 5.95. The van der Waals surface area contributed by atoms with Gasteiger partial charge in [-0.1, -0.05) is 29.8 Å². The fraction of sp³-hybridized carbons (Fsp3) is 0.333. The summed E-state index contributed by atoms with van der Waals surface area (Å²) in [5.41, 5.74) is 3.72. The van der Waals surface area contributed by atoms with Gasteiger partial charge in [0.05, 0.1) is 6.61 Å². The van der Waals surface area contributed by atoms with Crippen LogP contribution in [0.2, 0.25) is 0 Å². The second kappa shape index (κ2) is 7.59. The molecule has 0 radical (unpaired) electrons. The lowest BCUT2D eigenvalue weighted by molar-refractivity contribution is 0.308. The third kappa shape index (κ3) is 4.96. The Kier molecular flexibility index (Phi) is 5.48. The Labute approximate surface area is 121 Å². The van der Waals surface area contributed by atoms with Gasteiger partial charge in [0.2, 0.25) is 0 Å². The van der Waals surface area contributed by atoms with Crippen molar-refractivity contribution in [3.63, 3.8) is 0 Å². The molecule has 0 amide bonds. The summed E-state index contributed by atoms with van der Waals surface area (Å²) < 4.78 is 5.73. The average molecular weight is 269 g/mol. The SMILES string of the molecule is Cc1ccc(NCCCCOc2cccc(C)c2)cc1. The maximum atomic E-state index is 5.73. The molecule has 2 aromatic carbocycles. The summed E-state index contributed by atoms with van der Waals surface area (Å²) in [6.07, 6.45) is 2.17. The van der Waals surface area contributed by atoms with Crippen LogP contribution in [0.4, 0.5) is 5.69 Å². The van der Waals surface area contributed by atoms with Crippen LogP contribution in [0, 0.1) is 13.8 Å². The number of hydrogen-bond donors (Lipinski definition) is 1. The van der Waals surface area contributed by atoms with Gasteiger partial charge in [-0.05, 0) is 56.5 Å². The molecule has 0 heterocycles. The molecule has 2 heteroatoms. The maximum Gasteiger partial charge on any atom is 0.119 e. The molecular weight excluding hydrogens is 246 g/mol. The molecule has 0 saturated heterocycles. The molecule has 0 fully saturated rings. The predicted octanol–water partition coefficient (Wildman–Crippen LogP) is 4.57. The number of hydrogen-bond acceptors (Lipinski definition) is 2. The Hall–Kier alpha value is -1.96. The zero-order valence-corrected chi connectivity index (χ0v) is 12.4. The first-order valence-corrected chi connectivity index (χ1v) is 7.24. The van der Waals surface area contributed by atoms with E-state index in [0.717, 1.165) is 31.7 Å². The first-order chi connectivity index (χ1) is 9.74. The molecule has 0 aliphatic rings. The third-order valence-electron chi connectivity index (χ3n) is 3.21. The first-order valence-electron chi connectivity index (χ1n) is 7.24. The molecule has 1 N–H and O–H groups in total. The van der Waals surface area contributed by atoms with Crippen molar-refractivity contribution in [1.82, 2.24) is 0 Å². The number of anilines is 1. The van der Waals surface area contributed by atoms with Crippen LogP contribution in [-0.2, 0) is 0 Å². The van der Waals surface area contributed by atoms with Crippen molar-refractivity contribution in [2.24, 2.45) is 0 Å². The van der Waals surface area contributed by atoms with Crippen molar-refractivity contribution in [2.45, 2.75) is 26.7 Å². The van der Waals surface area contributed by atoms with Crippen molar-refractivity contribution in [3.8, 4) is 5.75 Å². The number of benzene rings is 2. The van der Waals surface area contributed by atoms with E-state index in [0.29, 0.717) is 0 Å². The van der Waals surface area contributed by atoms with E-state index in [1.54, 1.807) is 0 Å². The second-order valence-electron chi connectivity index (χ2n) is 5.16. The Morgan fingerprint density at radius 2 is 1.70 bits per heavy atom. The van der Waals surface area contributed by atoms with E-state index in [1.165, 1.54) is 16.8 Å². The quantitative estimate of drug-likeness (QED) is 0.743. The number of rotatable bonds is 7. The van der Waals surface area contributed by atoms with Crippen LogP contribution in [0.25, 0.3) is 0 Å². The van der Waals surface area contributed by atoms with Crippen molar-refractivity contribution < 1.29 is 4.74 Å². The van der Waals surface area contributed by atoms with E-state index in [9.17, 15) is 0 Å². The summed E-state index contributed by atoms with van der Waals surface area (Å²) in [5, 5.41) is 3.42. The van der Waals surface area contributed by atoms with E-state index < -0.39 is 0 Å². The number of aryl methyl sites for hydroxylation is 2. The minimum atomic E-state index is 0.777. The van der Waals surface area contributed by atoms with E-state index in [1.807, 2.05) is 12.1 Å². The third-order valence-corrected chi connectivity index (χ3v) is 3.21. The normalized spacial score (nSPS) is 10.3. The van der Waals surface area contributed by atoms with Crippen molar-refractivity contribution >= 4 is 5.69 Å². The largest absolute Gasteiger partial charge is 0.494 e. The number of unbranched alkanes of at least 4 members (excludes halogenated alkanes) is 1. The summed E-state index contributed by atoms with van der Waals surface area (Å²) in [7, 11) is 0. The van der Waals surface area contributed by atoms with Crippen molar-refractivity contribution in [2.75, 3.05) is 18.5 Å². The highest BCUT2D eigenvalue weighted by atomic mass is 16.5. The number of ether oxygens (including phenoxy) is 1. The van der Waals surface area contributed by atoms with Gasteiger partial charge in [0.1, 0.15) is 5.75 Å². The Bertz CT molecular complexity index is 519. The molecule has 0 aromatic heterocycles. The lowest BCUT2D eigenvalue weighted by Gasteiger charge is -2.08. The Morgan fingerprint density at radius 1 is 0.900 bits per heavy atom. The molecule has 0 atom stereocenters. The van der Waals surface area contributed by atoms with E-state index in [2.05, 4.69) is 55.6 Å². The Balaban J connectivity index is 1.59. The average Bonchev–Trinajstić information content (AvgIpc) is 2.45. The molecule has 0 aliphatic carbocycles. The molecule has 2 nitrogen and oxygen atoms in total. The van der Waals surface area contributed by atoms with Crippen LogP contribution in [0.5, 0.6) is 5.75 Å². The molecule has 2 aromatic rings.